The molecule has 2 aliphatic heterocycles. The second kappa shape index (κ2) is 6.36. The van der Waals surface area contributed by atoms with Crippen molar-refractivity contribution in [3.05, 3.63) is 30.1 Å². The molecule has 5 rings (SSSR count). The van der Waals surface area contributed by atoms with Crippen molar-refractivity contribution in [3.63, 3.8) is 0 Å². The molecule has 0 spiro atoms. The average molecular weight is 366 g/mol. The van der Waals surface area contributed by atoms with Crippen LogP contribution in [-0.4, -0.2) is 26.8 Å². The summed E-state index contributed by atoms with van der Waals surface area (Å²) in [6.07, 6.45) is 7.53. The quantitative estimate of drug-likeness (QED) is 0.798. The SMILES string of the molecule is N#CC1=C(n2ncnc2-c2ccc3c(c2)OCO3)SC2CCCCCC12. The Kier molecular flexibility index (Phi) is 3.86. The molecule has 2 atom stereocenters. The van der Waals surface area contributed by atoms with Gasteiger partial charge in [-0.05, 0) is 31.0 Å². The number of nitrogens with zero attached hydrogens (tertiary/aromatic N) is 4. The maximum absolute atomic E-state index is 9.84. The Morgan fingerprint density at radius 1 is 1.15 bits per heavy atom. The van der Waals surface area contributed by atoms with Gasteiger partial charge in [-0.15, -0.1) is 11.8 Å². The van der Waals surface area contributed by atoms with Crippen LogP contribution in [0.4, 0.5) is 0 Å². The highest BCUT2D eigenvalue weighted by atomic mass is 32.2. The molecule has 0 bridgehead atoms. The lowest BCUT2D eigenvalue weighted by Crippen LogP contribution is -2.12. The molecule has 2 aromatic rings. The third kappa shape index (κ3) is 2.48. The molecular weight excluding hydrogens is 348 g/mol. The number of thioether (sulfide) groups is 1. The smallest absolute Gasteiger partial charge is 0.231 e. The van der Waals surface area contributed by atoms with Gasteiger partial charge in [-0.2, -0.15) is 10.4 Å². The Labute approximate surface area is 155 Å². The molecule has 1 aromatic carbocycles. The first-order valence-electron chi connectivity index (χ1n) is 8.96. The van der Waals surface area contributed by atoms with Gasteiger partial charge in [-0.1, -0.05) is 19.3 Å². The predicted octanol–water partition coefficient (Wildman–Crippen LogP) is 4.06. The van der Waals surface area contributed by atoms with Crippen molar-refractivity contribution in [1.29, 1.82) is 5.26 Å². The van der Waals surface area contributed by atoms with Crippen LogP contribution in [0, 0.1) is 17.2 Å². The van der Waals surface area contributed by atoms with Gasteiger partial charge in [0.2, 0.25) is 6.79 Å². The van der Waals surface area contributed by atoms with Crippen LogP contribution in [0.2, 0.25) is 0 Å². The maximum atomic E-state index is 9.84. The van der Waals surface area contributed by atoms with E-state index in [0.717, 1.165) is 46.3 Å². The molecule has 3 aliphatic rings. The van der Waals surface area contributed by atoms with Gasteiger partial charge >= 0.3 is 0 Å². The number of nitriles is 1. The molecule has 1 fully saturated rings. The van der Waals surface area contributed by atoms with Crippen molar-refractivity contribution in [2.24, 2.45) is 5.92 Å². The monoisotopic (exact) mass is 366 g/mol. The fraction of sp³-hybridized carbons (Fsp3) is 0.421. The lowest BCUT2D eigenvalue weighted by molar-refractivity contribution is 0.174. The van der Waals surface area contributed by atoms with Gasteiger partial charge in [-0.3, -0.25) is 0 Å². The summed E-state index contributed by atoms with van der Waals surface area (Å²) in [7, 11) is 0. The summed E-state index contributed by atoms with van der Waals surface area (Å²) < 4.78 is 12.7. The van der Waals surface area contributed by atoms with E-state index >= 15 is 0 Å². The van der Waals surface area contributed by atoms with Crippen LogP contribution in [-0.2, 0) is 0 Å². The summed E-state index contributed by atoms with van der Waals surface area (Å²) in [5.74, 6) is 2.54. The van der Waals surface area contributed by atoms with E-state index in [4.69, 9.17) is 9.47 Å². The zero-order valence-corrected chi connectivity index (χ0v) is 15.0. The van der Waals surface area contributed by atoms with E-state index in [1.165, 1.54) is 19.3 Å². The molecule has 1 saturated carbocycles. The molecule has 0 radical (unpaired) electrons. The van der Waals surface area contributed by atoms with E-state index < -0.39 is 0 Å². The first kappa shape index (κ1) is 15.8. The lowest BCUT2D eigenvalue weighted by Gasteiger charge is -2.14. The van der Waals surface area contributed by atoms with Crippen molar-refractivity contribution in [1.82, 2.24) is 14.8 Å². The van der Waals surface area contributed by atoms with Crippen LogP contribution >= 0.6 is 11.8 Å². The van der Waals surface area contributed by atoms with Gasteiger partial charge in [0.1, 0.15) is 11.4 Å². The Hall–Kier alpha value is -2.46. The van der Waals surface area contributed by atoms with Crippen molar-refractivity contribution in [2.75, 3.05) is 6.79 Å². The average Bonchev–Trinajstić information content (AvgIpc) is 3.35. The normalized spacial score (nSPS) is 24.3. The van der Waals surface area contributed by atoms with E-state index in [0.29, 0.717) is 11.2 Å². The van der Waals surface area contributed by atoms with E-state index in [-0.39, 0.29) is 6.79 Å². The zero-order valence-electron chi connectivity index (χ0n) is 14.2. The van der Waals surface area contributed by atoms with E-state index in [1.807, 2.05) is 22.9 Å². The van der Waals surface area contributed by atoms with Crippen molar-refractivity contribution in [2.45, 2.75) is 37.4 Å². The standard InChI is InChI=1S/C19H18N4O2S/c20-9-14-13-4-2-1-3-5-17(13)26-19(14)23-18(21-10-22-23)12-6-7-15-16(8-12)25-11-24-15/h6-8,10,13,17H,1-5,11H2. The third-order valence-electron chi connectivity index (χ3n) is 5.31. The lowest BCUT2D eigenvalue weighted by atomic mass is 9.93. The van der Waals surface area contributed by atoms with Crippen LogP contribution in [0.1, 0.15) is 32.1 Å². The first-order chi connectivity index (χ1) is 12.8. The Bertz CT molecular complexity index is 930. The van der Waals surface area contributed by atoms with Gasteiger partial charge in [0.25, 0.3) is 0 Å². The minimum absolute atomic E-state index is 0.244. The molecule has 0 N–H and O–H groups in total. The largest absolute Gasteiger partial charge is 0.454 e. The third-order valence-corrected chi connectivity index (χ3v) is 6.79. The van der Waals surface area contributed by atoms with Crippen molar-refractivity contribution < 1.29 is 9.47 Å². The number of benzene rings is 1. The van der Waals surface area contributed by atoms with E-state index in [9.17, 15) is 5.26 Å². The molecule has 0 saturated heterocycles. The second-order valence-electron chi connectivity index (χ2n) is 6.79. The minimum atomic E-state index is 0.244. The number of allylic oxidation sites excluding steroid dienone is 1. The van der Waals surface area contributed by atoms with Crippen molar-refractivity contribution in [3.8, 4) is 29.0 Å². The molecule has 26 heavy (non-hydrogen) atoms. The van der Waals surface area contributed by atoms with Gasteiger partial charge in [0.15, 0.2) is 17.3 Å². The highest BCUT2D eigenvalue weighted by Crippen LogP contribution is 2.50. The maximum Gasteiger partial charge on any atom is 0.231 e. The van der Waals surface area contributed by atoms with Crippen molar-refractivity contribution >= 4 is 16.8 Å². The second-order valence-corrected chi connectivity index (χ2v) is 8.02. The summed E-state index contributed by atoms with van der Waals surface area (Å²) in [4.78, 5) is 4.46. The molecule has 1 aliphatic carbocycles. The number of hydrogen-bond acceptors (Lipinski definition) is 6. The van der Waals surface area contributed by atoms with E-state index in [1.54, 1.807) is 18.1 Å². The number of hydrogen-bond donors (Lipinski definition) is 0. The first-order valence-corrected chi connectivity index (χ1v) is 9.84. The van der Waals surface area contributed by atoms with Gasteiger partial charge in [-0.25, -0.2) is 9.67 Å². The highest BCUT2D eigenvalue weighted by Gasteiger charge is 2.38. The molecular formula is C19H18N4O2S. The Morgan fingerprint density at radius 3 is 2.96 bits per heavy atom. The molecule has 2 unspecified atom stereocenters. The minimum Gasteiger partial charge on any atom is -0.454 e. The molecule has 7 heteroatoms. The van der Waals surface area contributed by atoms with E-state index in [2.05, 4.69) is 16.2 Å². The van der Waals surface area contributed by atoms with Gasteiger partial charge in [0, 0.05) is 16.7 Å². The van der Waals surface area contributed by atoms with Crippen LogP contribution in [0.3, 0.4) is 0 Å². The summed E-state index contributed by atoms with van der Waals surface area (Å²) in [6.45, 7) is 0.244. The Balaban J connectivity index is 1.56. The fourth-order valence-corrected chi connectivity index (χ4v) is 5.59. The molecule has 132 valence electrons. The number of rotatable bonds is 2. The molecule has 0 amide bonds. The highest BCUT2D eigenvalue weighted by molar-refractivity contribution is 8.08. The van der Waals surface area contributed by atoms with Crippen LogP contribution in [0.5, 0.6) is 11.5 Å². The molecule has 1 aromatic heterocycles. The van der Waals surface area contributed by atoms with Crippen LogP contribution in [0.15, 0.2) is 30.1 Å². The summed E-state index contributed by atoms with van der Waals surface area (Å²) >= 11 is 1.79. The number of fused-ring (bicyclic) bond motifs is 2. The summed E-state index contributed by atoms with van der Waals surface area (Å²) in [6, 6.07) is 8.25. The van der Waals surface area contributed by atoms with Crippen LogP contribution in [0.25, 0.3) is 16.4 Å². The number of ether oxygens (including phenoxy) is 2. The predicted molar refractivity (Wildman–Crippen MR) is 98.4 cm³/mol. The zero-order chi connectivity index (χ0) is 17.5. The summed E-state index contributed by atoms with van der Waals surface area (Å²) in [5.41, 5.74) is 1.78. The topological polar surface area (TPSA) is 73.0 Å². The van der Waals surface area contributed by atoms with Gasteiger partial charge < -0.3 is 9.47 Å². The Morgan fingerprint density at radius 2 is 2.04 bits per heavy atom. The fourth-order valence-electron chi connectivity index (χ4n) is 4.03. The van der Waals surface area contributed by atoms with Crippen LogP contribution < -0.4 is 9.47 Å². The number of aromatic nitrogens is 3. The van der Waals surface area contributed by atoms with Gasteiger partial charge in [0.05, 0.1) is 11.6 Å². The summed E-state index contributed by atoms with van der Waals surface area (Å²) in [5, 5.41) is 15.7. The molecule has 3 heterocycles. The molecule has 6 nitrogen and oxygen atoms in total.